The van der Waals surface area contributed by atoms with E-state index in [0.717, 1.165) is 6.07 Å². The maximum atomic E-state index is 14.2. The number of non-ortho nitro benzene ring substituents is 1. The molecule has 1 aromatic heterocycles. The summed E-state index contributed by atoms with van der Waals surface area (Å²) in [6, 6.07) is 3.90. The lowest BCUT2D eigenvalue weighted by Crippen LogP contribution is -2.29. The van der Waals surface area contributed by atoms with Crippen LogP contribution >= 0.6 is 0 Å². The first kappa shape index (κ1) is 14.3. The molecular weight excluding hydrogens is 261 g/mol. The summed E-state index contributed by atoms with van der Waals surface area (Å²) >= 11 is 0. The molecule has 106 valence electrons. The Hall–Kier alpha value is -2.08. The first-order valence-corrected chi connectivity index (χ1v) is 6.38. The summed E-state index contributed by atoms with van der Waals surface area (Å²) in [6.45, 7) is 3.90. The zero-order valence-electron chi connectivity index (χ0n) is 11.3. The highest BCUT2D eigenvalue weighted by Crippen LogP contribution is 2.30. The number of nitrogens with zero attached hydrogens (tertiary/aromatic N) is 2. The van der Waals surface area contributed by atoms with E-state index in [1.165, 1.54) is 6.20 Å². The molecule has 0 aliphatic heterocycles. The van der Waals surface area contributed by atoms with Crippen molar-refractivity contribution in [3.05, 3.63) is 45.9 Å². The quantitative estimate of drug-likeness (QED) is 0.688. The Morgan fingerprint density at radius 1 is 1.50 bits per heavy atom. The van der Waals surface area contributed by atoms with Crippen molar-refractivity contribution in [1.29, 1.82) is 0 Å². The smallest absolute Gasteiger partial charge is 0.281 e. The number of pyridine rings is 1. The second-order valence-electron chi connectivity index (χ2n) is 5.12. The second-order valence-corrected chi connectivity index (χ2v) is 5.12. The van der Waals surface area contributed by atoms with E-state index in [1.807, 2.05) is 13.8 Å². The fourth-order valence-corrected chi connectivity index (χ4v) is 2.07. The van der Waals surface area contributed by atoms with Gasteiger partial charge in [-0.15, -0.1) is 0 Å². The van der Waals surface area contributed by atoms with E-state index in [4.69, 9.17) is 5.73 Å². The predicted molar refractivity (Wildman–Crippen MR) is 74.9 cm³/mol. The van der Waals surface area contributed by atoms with Gasteiger partial charge in [0.25, 0.3) is 5.69 Å². The highest BCUT2D eigenvalue weighted by Gasteiger charge is 2.21. The molecule has 0 bridgehead atoms. The van der Waals surface area contributed by atoms with Gasteiger partial charge in [-0.05, 0) is 24.5 Å². The molecule has 0 spiro atoms. The van der Waals surface area contributed by atoms with Gasteiger partial charge in [0.2, 0.25) is 0 Å². The molecular formula is C14H16FN3O2. The standard InChI is InChI=1S/C14H16FN3O2/c1-8(2)12(16)6-10-11(15)7-13(18(19)20)9-4-3-5-17-14(9)10/h3-5,7-8,12H,6,16H2,1-2H3. The van der Waals surface area contributed by atoms with Gasteiger partial charge >= 0.3 is 0 Å². The minimum atomic E-state index is -0.626. The Labute approximate surface area is 115 Å². The minimum Gasteiger partial charge on any atom is -0.327 e. The van der Waals surface area contributed by atoms with Crippen LogP contribution in [0, 0.1) is 21.8 Å². The Kier molecular flexibility index (Phi) is 3.94. The molecule has 0 radical (unpaired) electrons. The predicted octanol–water partition coefficient (Wildman–Crippen LogP) is 2.81. The van der Waals surface area contributed by atoms with Gasteiger partial charge in [0.05, 0.1) is 21.9 Å². The van der Waals surface area contributed by atoms with Crippen LogP contribution in [0.25, 0.3) is 10.9 Å². The molecule has 0 aliphatic carbocycles. The van der Waals surface area contributed by atoms with Gasteiger partial charge in [-0.25, -0.2) is 4.39 Å². The normalized spacial score (nSPS) is 12.8. The summed E-state index contributed by atoms with van der Waals surface area (Å²) in [5, 5.41) is 11.3. The largest absolute Gasteiger partial charge is 0.327 e. The molecule has 0 aliphatic rings. The topological polar surface area (TPSA) is 82.0 Å². The summed E-state index contributed by atoms with van der Waals surface area (Å²) in [5.41, 5.74) is 6.36. The molecule has 0 saturated heterocycles. The van der Waals surface area contributed by atoms with Crippen LogP contribution in [0.1, 0.15) is 19.4 Å². The maximum absolute atomic E-state index is 14.2. The molecule has 5 nitrogen and oxygen atoms in total. The molecule has 2 aromatic rings. The van der Waals surface area contributed by atoms with Crippen molar-refractivity contribution in [3.8, 4) is 0 Å². The van der Waals surface area contributed by atoms with Gasteiger partial charge in [-0.1, -0.05) is 13.8 Å². The highest BCUT2D eigenvalue weighted by atomic mass is 19.1. The van der Waals surface area contributed by atoms with Crippen LogP contribution in [-0.2, 0) is 6.42 Å². The molecule has 1 heterocycles. The fraction of sp³-hybridized carbons (Fsp3) is 0.357. The van der Waals surface area contributed by atoms with Crippen LogP contribution in [0.4, 0.5) is 10.1 Å². The number of rotatable bonds is 4. The molecule has 0 amide bonds. The number of nitro groups is 1. The van der Waals surface area contributed by atoms with Crippen molar-refractivity contribution in [2.24, 2.45) is 11.7 Å². The van der Waals surface area contributed by atoms with Gasteiger partial charge in [0.15, 0.2) is 0 Å². The molecule has 6 heteroatoms. The Bertz CT molecular complexity index is 658. The third kappa shape index (κ3) is 2.60. The third-order valence-corrected chi connectivity index (χ3v) is 3.41. The van der Waals surface area contributed by atoms with Crippen LogP contribution in [0.3, 0.4) is 0 Å². The van der Waals surface area contributed by atoms with E-state index in [0.29, 0.717) is 22.9 Å². The number of aromatic nitrogens is 1. The fourth-order valence-electron chi connectivity index (χ4n) is 2.07. The van der Waals surface area contributed by atoms with Crippen LogP contribution in [0.15, 0.2) is 24.4 Å². The molecule has 2 rings (SSSR count). The molecule has 20 heavy (non-hydrogen) atoms. The van der Waals surface area contributed by atoms with Crippen LogP contribution in [0.2, 0.25) is 0 Å². The van der Waals surface area contributed by atoms with Crippen LogP contribution in [-0.4, -0.2) is 15.9 Å². The number of hydrogen-bond donors (Lipinski definition) is 1. The Balaban J connectivity index is 2.64. The number of halogens is 1. The summed E-state index contributed by atoms with van der Waals surface area (Å²) < 4.78 is 14.2. The van der Waals surface area contributed by atoms with E-state index >= 15 is 0 Å². The minimum absolute atomic E-state index is 0.184. The summed E-state index contributed by atoms with van der Waals surface area (Å²) in [6.07, 6.45) is 1.80. The number of hydrogen-bond acceptors (Lipinski definition) is 4. The number of nitro benzene ring substituents is 1. The first-order valence-electron chi connectivity index (χ1n) is 6.38. The van der Waals surface area contributed by atoms with Crippen LogP contribution < -0.4 is 5.73 Å². The Morgan fingerprint density at radius 3 is 2.80 bits per heavy atom. The molecule has 0 saturated carbocycles. The summed E-state index contributed by atoms with van der Waals surface area (Å²) in [4.78, 5) is 14.5. The van der Waals surface area contributed by atoms with E-state index in [9.17, 15) is 14.5 Å². The molecule has 2 N–H and O–H groups in total. The van der Waals surface area contributed by atoms with Crippen LogP contribution in [0.5, 0.6) is 0 Å². The Morgan fingerprint density at radius 2 is 2.20 bits per heavy atom. The molecule has 0 fully saturated rings. The summed E-state index contributed by atoms with van der Waals surface area (Å²) in [7, 11) is 0. The van der Waals surface area contributed by atoms with Gasteiger partial charge in [0.1, 0.15) is 5.82 Å². The van der Waals surface area contributed by atoms with Crippen molar-refractivity contribution in [2.45, 2.75) is 26.3 Å². The second kappa shape index (κ2) is 5.50. The van der Waals surface area contributed by atoms with Crippen molar-refractivity contribution in [2.75, 3.05) is 0 Å². The van der Waals surface area contributed by atoms with Gasteiger partial charge in [-0.2, -0.15) is 0 Å². The molecule has 1 aromatic carbocycles. The van der Waals surface area contributed by atoms with E-state index < -0.39 is 10.7 Å². The van der Waals surface area contributed by atoms with Crippen molar-refractivity contribution >= 4 is 16.6 Å². The van der Waals surface area contributed by atoms with E-state index in [-0.39, 0.29) is 17.6 Å². The lowest BCUT2D eigenvalue weighted by molar-refractivity contribution is -0.383. The average Bonchev–Trinajstić information content (AvgIpc) is 2.40. The molecule has 1 unspecified atom stereocenters. The molecule has 1 atom stereocenters. The highest BCUT2D eigenvalue weighted by molar-refractivity contribution is 5.90. The number of benzene rings is 1. The van der Waals surface area contributed by atoms with E-state index in [1.54, 1.807) is 12.1 Å². The first-order chi connectivity index (χ1) is 9.41. The monoisotopic (exact) mass is 277 g/mol. The lowest BCUT2D eigenvalue weighted by Gasteiger charge is -2.17. The zero-order valence-corrected chi connectivity index (χ0v) is 11.3. The van der Waals surface area contributed by atoms with Crippen molar-refractivity contribution < 1.29 is 9.31 Å². The number of nitrogens with two attached hydrogens (primary N) is 1. The number of fused-ring (bicyclic) bond motifs is 1. The van der Waals surface area contributed by atoms with E-state index in [2.05, 4.69) is 4.98 Å². The SMILES string of the molecule is CC(C)C(N)Cc1c(F)cc([N+](=O)[O-])c2cccnc12. The van der Waals surface area contributed by atoms with Crippen molar-refractivity contribution in [3.63, 3.8) is 0 Å². The third-order valence-electron chi connectivity index (χ3n) is 3.41. The zero-order chi connectivity index (χ0) is 14.9. The van der Waals surface area contributed by atoms with Crippen molar-refractivity contribution in [1.82, 2.24) is 4.98 Å². The van der Waals surface area contributed by atoms with Gasteiger partial charge < -0.3 is 5.73 Å². The van der Waals surface area contributed by atoms with Gasteiger partial charge in [0, 0.05) is 17.8 Å². The summed E-state index contributed by atoms with van der Waals surface area (Å²) in [5.74, 6) is -0.442. The van der Waals surface area contributed by atoms with Gasteiger partial charge in [-0.3, -0.25) is 15.1 Å². The maximum Gasteiger partial charge on any atom is 0.281 e. The lowest BCUT2D eigenvalue weighted by atomic mass is 9.95. The average molecular weight is 277 g/mol.